The Balaban J connectivity index is 1.93. The number of amides is 1. The fourth-order valence-electron chi connectivity index (χ4n) is 1.89. The molecule has 0 atom stereocenters. The number of nitrogens with one attached hydrogen (secondary N) is 1. The molecule has 0 aromatic heterocycles. The van der Waals surface area contributed by atoms with Crippen LogP contribution in [-0.4, -0.2) is 11.4 Å². The summed E-state index contributed by atoms with van der Waals surface area (Å²) >= 11 is 0. The third-order valence-corrected chi connectivity index (χ3v) is 3.21. The van der Waals surface area contributed by atoms with Crippen LogP contribution in [0.2, 0.25) is 0 Å². The normalized spacial score (nSPS) is 16.7. The minimum Gasteiger partial charge on any atom is -0.350 e. The maximum Gasteiger partial charge on any atom is 0.240 e. The van der Waals surface area contributed by atoms with Gasteiger partial charge < -0.3 is 11.1 Å². The van der Waals surface area contributed by atoms with Gasteiger partial charge in [-0.1, -0.05) is 12.1 Å². The van der Waals surface area contributed by atoms with Gasteiger partial charge in [-0.3, -0.25) is 4.79 Å². The van der Waals surface area contributed by atoms with Crippen molar-refractivity contribution in [2.24, 2.45) is 5.73 Å². The lowest BCUT2D eigenvalue weighted by atomic mass is 9.77. The van der Waals surface area contributed by atoms with Gasteiger partial charge in [0.05, 0.1) is 17.2 Å². The van der Waals surface area contributed by atoms with E-state index in [4.69, 9.17) is 11.0 Å². The zero-order valence-corrected chi connectivity index (χ0v) is 9.57. The highest BCUT2D eigenvalue weighted by molar-refractivity contribution is 5.86. The van der Waals surface area contributed by atoms with Crippen LogP contribution in [0.5, 0.6) is 0 Å². The summed E-state index contributed by atoms with van der Waals surface area (Å²) in [7, 11) is 0. The van der Waals surface area contributed by atoms with Gasteiger partial charge in [0.25, 0.3) is 0 Å². The molecule has 1 amide bonds. The first-order chi connectivity index (χ1) is 8.14. The molecule has 4 nitrogen and oxygen atoms in total. The van der Waals surface area contributed by atoms with Crippen molar-refractivity contribution in [1.29, 1.82) is 5.26 Å². The van der Waals surface area contributed by atoms with Gasteiger partial charge in [-0.05, 0) is 37.0 Å². The summed E-state index contributed by atoms with van der Waals surface area (Å²) in [5.41, 5.74) is 6.76. The van der Waals surface area contributed by atoms with E-state index in [1.165, 1.54) is 0 Å². The number of nitrogens with zero attached hydrogens (tertiary/aromatic N) is 1. The fourth-order valence-corrected chi connectivity index (χ4v) is 1.89. The number of carbonyl (C=O) groups is 1. The second-order valence-electron chi connectivity index (χ2n) is 4.50. The summed E-state index contributed by atoms with van der Waals surface area (Å²) in [6, 6.07) is 9.26. The third kappa shape index (κ3) is 2.45. The zero-order valence-electron chi connectivity index (χ0n) is 9.57. The van der Waals surface area contributed by atoms with Gasteiger partial charge in [-0.2, -0.15) is 5.26 Å². The molecule has 1 saturated carbocycles. The van der Waals surface area contributed by atoms with E-state index in [2.05, 4.69) is 11.4 Å². The average molecular weight is 229 g/mol. The van der Waals surface area contributed by atoms with Gasteiger partial charge in [0.1, 0.15) is 0 Å². The Labute approximate surface area is 100 Å². The van der Waals surface area contributed by atoms with Crippen LogP contribution in [0.15, 0.2) is 24.3 Å². The minimum atomic E-state index is -0.660. The van der Waals surface area contributed by atoms with Crippen LogP contribution >= 0.6 is 0 Å². The molecule has 0 radical (unpaired) electrons. The van der Waals surface area contributed by atoms with E-state index in [1.807, 2.05) is 12.1 Å². The van der Waals surface area contributed by atoms with Crippen LogP contribution in [0.3, 0.4) is 0 Å². The summed E-state index contributed by atoms with van der Waals surface area (Å²) in [6.45, 7) is 0.424. The second-order valence-corrected chi connectivity index (χ2v) is 4.50. The Hall–Kier alpha value is -1.86. The monoisotopic (exact) mass is 229 g/mol. The van der Waals surface area contributed by atoms with Crippen molar-refractivity contribution in [2.45, 2.75) is 31.3 Å². The maximum atomic E-state index is 11.8. The fraction of sp³-hybridized carbons (Fsp3) is 0.385. The van der Waals surface area contributed by atoms with Crippen LogP contribution in [-0.2, 0) is 11.3 Å². The number of carbonyl (C=O) groups excluding carboxylic acids is 1. The maximum absolute atomic E-state index is 11.8. The van der Waals surface area contributed by atoms with E-state index in [0.29, 0.717) is 12.1 Å². The number of hydrogen-bond donors (Lipinski definition) is 2. The van der Waals surface area contributed by atoms with E-state index >= 15 is 0 Å². The lowest BCUT2D eigenvalue weighted by molar-refractivity contribution is -0.129. The topological polar surface area (TPSA) is 78.9 Å². The highest BCUT2D eigenvalue weighted by Gasteiger charge is 2.39. The van der Waals surface area contributed by atoms with Crippen molar-refractivity contribution in [3.05, 3.63) is 35.4 Å². The minimum absolute atomic E-state index is 0.0916. The number of nitriles is 1. The van der Waals surface area contributed by atoms with Crippen LogP contribution in [0.4, 0.5) is 0 Å². The SMILES string of the molecule is N#Cc1cccc(CNC(=O)C2(N)CCC2)c1. The Kier molecular flexibility index (Phi) is 3.12. The predicted octanol–water partition coefficient (Wildman–Crippen LogP) is 1.06. The van der Waals surface area contributed by atoms with Crippen LogP contribution in [0.1, 0.15) is 30.4 Å². The lowest BCUT2D eigenvalue weighted by Crippen LogP contribution is -2.58. The molecule has 0 bridgehead atoms. The van der Waals surface area contributed by atoms with Crippen molar-refractivity contribution in [1.82, 2.24) is 5.32 Å². The third-order valence-electron chi connectivity index (χ3n) is 3.21. The smallest absolute Gasteiger partial charge is 0.240 e. The van der Waals surface area contributed by atoms with Gasteiger partial charge in [0.15, 0.2) is 0 Å². The van der Waals surface area contributed by atoms with E-state index in [9.17, 15) is 4.79 Å². The molecule has 0 aliphatic heterocycles. The van der Waals surface area contributed by atoms with Crippen molar-refractivity contribution in [3.8, 4) is 6.07 Å². The first-order valence-electron chi connectivity index (χ1n) is 5.70. The summed E-state index contributed by atoms with van der Waals surface area (Å²) in [6.07, 6.45) is 2.54. The van der Waals surface area contributed by atoms with E-state index in [-0.39, 0.29) is 5.91 Å². The molecule has 1 aliphatic carbocycles. The predicted molar refractivity (Wildman–Crippen MR) is 63.8 cm³/mol. The number of nitrogens with two attached hydrogens (primary N) is 1. The van der Waals surface area contributed by atoms with Gasteiger partial charge in [0, 0.05) is 6.54 Å². The molecule has 3 N–H and O–H groups in total. The van der Waals surface area contributed by atoms with Gasteiger partial charge >= 0.3 is 0 Å². The molecule has 88 valence electrons. The van der Waals surface area contributed by atoms with E-state index in [1.54, 1.807) is 12.1 Å². The van der Waals surface area contributed by atoms with Crippen LogP contribution in [0, 0.1) is 11.3 Å². The number of hydrogen-bond acceptors (Lipinski definition) is 3. The van der Waals surface area contributed by atoms with Crippen molar-refractivity contribution in [2.75, 3.05) is 0 Å². The molecule has 1 fully saturated rings. The highest BCUT2D eigenvalue weighted by Crippen LogP contribution is 2.29. The molecule has 2 rings (SSSR count). The highest BCUT2D eigenvalue weighted by atomic mass is 16.2. The molecular formula is C13H15N3O. The van der Waals surface area contributed by atoms with Crippen molar-refractivity contribution in [3.63, 3.8) is 0 Å². The van der Waals surface area contributed by atoms with Gasteiger partial charge in [-0.15, -0.1) is 0 Å². The Morgan fingerprint density at radius 3 is 2.88 bits per heavy atom. The molecule has 0 spiro atoms. The van der Waals surface area contributed by atoms with Crippen molar-refractivity contribution >= 4 is 5.91 Å². The first kappa shape index (κ1) is 11.6. The molecule has 0 unspecified atom stereocenters. The summed E-state index contributed by atoms with van der Waals surface area (Å²) in [5.74, 6) is -0.0916. The quantitative estimate of drug-likeness (QED) is 0.813. The molecule has 4 heteroatoms. The van der Waals surface area contributed by atoms with Crippen LogP contribution in [0.25, 0.3) is 0 Å². The average Bonchev–Trinajstić information content (AvgIpc) is 2.33. The second kappa shape index (κ2) is 4.56. The molecule has 1 aliphatic rings. The first-order valence-corrected chi connectivity index (χ1v) is 5.70. The Morgan fingerprint density at radius 2 is 2.29 bits per heavy atom. The summed E-state index contributed by atoms with van der Waals surface area (Å²) < 4.78 is 0. The molecule has 1 aromatic rings. The molecule has 0 heterocycles. The molecule has 1 aromatic carbocycles. The standard InChI is InChI=1S/C13H15N3O/c14-8-10-3-1-4-11(7-10)9-16-12(17)13(15)5-2-6-13/h1,3-4,7H,2,5-6,9,15H2,(H,16,17). The molecule has 0 saturated heterocycles. The van der Waals surface area contributed by atoms with E-state index < -0.39 is 5.54 Å². The number of benzene rings is 1. The zero-order chi connectivity index (χ0) is 12.3. The lowest BCUT2D eigenvalue weighted by Gasteiger charge is -2.36. The molecule has 17 heavy (non-hydrogen) atoms. The van der Waals surface area contributed by atoms with Gasteiger partial charge in [0.2, 0.25) is 5.91 Å². The Bertz CT molecular complexity index is 472. The Morgan fingerprint density at radius 1 is 1.53 bits per heavy atom. The van der Waals surface area contributed by atoms with Crippen LogP contribution < -0.4 is 11.1 Å². The number of rotatable bonds is 3. The van der Waals surface area contributed by atoms with Crippen molar-refractivity contribution < 1.29 is 4.79 Å². The summed E-state index contributed by atoms with van der Waals surface area (Å²) in [4.78, 5) is 11.8. The summed E-state index contributed by atoms with van der Waals surface area (Å²) in [5, 5.41) is 11.6. The largest absolute Gasteiger partial charge is 0.350 e. The van der Waals surface area contributed by atoms with E-state index in [0.717, 1.165) is 24.8 Å². The molecular weight excluding hydrogens is 214 g/mol. The van der Waals surface area contributed by atoms with Gasteiger partial charge in [-0.25, -0.2) is 0 Å².